The van der Waals surface area contributed by atoms with Gasteiger partial charge >= 0.3 is 0 Å². The molecule has 0 bridgehead atoms. The molecule has 0 saturated carbocycles. The van der Waals surface area contributed by atoms with Crippen LogP contribution in [0.2, 0.25) is 0 Å². The Balaban J connectivity index is 1.69. The van der Waals surface area contributed by atoms with Gasteiger partial charge in [0.2, 0.25) is 5.91 Å². The Bertz CT molecular complexity index is 832. The van der Waals surface area contributed by atoms with Crippen LogP contribution in [0.4, 0.5) is 5.82 Å². The lowest BCUT2D eigenvalue weighted by atomic mass is 10.1. The molecule has 0 aliphatic carbocycles. The van der Waals surface area contributed by atoms with Gasteiger partial charge in [-0.2, -0.15) is 5.10 Å². The molecule has 24 heavy (non-hydrogen) atoms. The number of amides is 1. The van der Waals surface area contributed by atoms with Gasteiger partial charge in [0.25, 0.3) is 0 Å². The average molecular weight is 389 g/mol. The highest BCUT2D eigenvalue weighted by Gasteiger charge is 2.15. The van der Waals surface area contributed by atoms with Crippen LogP contribution in [0.25, 0.3) is 0 Å². The van der Waals surface area contributed by atoms with Gasteiger partial charge in [-0.05, 0) is 31.5 Å². The number of benzene rings is 1. The number of nitrogens with zero attached hydrogens (tertiary/aromatic N) is 3. The van der Waals surface area contributed by atoms with E-state index in [-0.39, 0.29) is 12.3 Å². The molecule has 3 aromatic rings. The van der Waals surface area contributed by atoms with Crippen LogP contribution in [0.15, 0.2) is 45.5 Å². The summed E-state index contributed by atoms with van der Waals surface area (Å²) in [6, 6.07) is 9.77. The third-order valence-corrected chi connectivity index (χ3v) is 4.28. The minimum atomic E-state index is -0.123. The van der Waals surface area contributed by atoms with Crippen LogP contribution in [-0.4, -0.2) is 20.8 Å². The number of anilines is 1. The fourth-order valence-corrected chi connectivity index (χ4v) is 2.69. The van der Waals surface area contributed by atoms with E-state index < -0.39 is 0 Å². The van der Waals surface area contributed by atoms with Crippen molar-refractivity contribution in [2.24, 2.45) is 0 Å². The van der Waals surface area contributed by atoms with Crippen molar-refractivity contribution in [3.05, 3.63) is 63.6 Å². The zero-order valence-electron chi connectivity index (χ0n) is 13.4. The Morgan fingerprint density at radius 2 is 2.00 bits per heavy atom. The number of nitrogens with one attached hydrogen (secondary N) is 1. The summed E-state index contributed by atoms with van der Waals surface area (Å²) in [5.41, 5.74) is 2.67. The molecule has 0 saturated heterocycles. The number of aryl methyl sites for hydroxylation is 2. The van der Waals surface area contributed by atoms with Crippen molar-refractivity contribution < 1.29 is 9.32 Å². The molecule has 1 amide bonds. The monoisotopic (exact) mass is 388 g/mol. The standard InChI is InChI=1S/C17H17BrN4O2/c1-11-15(12(2)24-21-11)9-17(23)20-16-7-8-19-22(16)10-13-3-5-14(18)6-4-13/h3-8H,9-10H2,1-2H3,(H,20,23). The van der Waals surface area contributed by atoms with Crippen molar-refractivity contribution in [3.63, 3.8) is 0 Å². The van der Waals surface area contributed by atoms with E-state index in [0.717, 1.165) is 21.3 Å². The van der Waals surface area contributed by atoms with E-state index in [2.05, 4.69) is 31.5 Å². The van der Waals surface area contributed by atoms with Gasteiger partial charge < -0.3 is 9.84 Å². The maximum absolute atomic E-state index is 12.3. The van der Waals surface area contributed by atoms with Gasteiger partial charge in [-0.25, -0.2) is 4.68 Å². The van der Waals surface area contributed by atoms with Crippen molar-refractivity contribution >= 4 is 27.7 Å². The smallest absolute Gasteiger partial charge is 0.230 e. The molecule has 0 atom stereocenters. The van der Waals surface area contributed by atoms with Crippen molar-refractivity contribution in [1.29, 1.82) is 0 Å². The third kappa shape index (κ3) is 3.73. The summed E-state index contributed by atoms with van der Waals surface area (Å²) in [6.45, 7) is 4.22. The molecule has 0 radical (unpaired) electrons. The SMILES string of the molecule is Cc1noc(C)c1CC(=O)Nc1ccnn1Cc1ccc(Br)cc1. The van der Waals surface area contributed by atoms with Crippen LogP contribution in [-0.2, 0) is 17.8 Å². The second-order valence-electron chi connectivity index (χ2n) is 5.53. The predicted molar refractivity (Wildman–Crippen MR) is 93.8 cm³/mol. The van der Waals surface area contributed by atoms with Crippen molar-refractivity contribution in [1.82, 2.24) is 14.9 Å². The lowest BCUT2D eigenvalue weighted by Gasteiger charge is -2.09. The molecular formula is C17H17BrN4O2. The van der Waals surface area contributed by atoms with Crippen molar-refractivity contribution in [2.75, 3.05) is 5.32 Å². The van der Waals surface area contributed by atoms with Crippen LogP contribution >= 0.6 is 15.9 Å². The van der Waals surface area contributed by atoms with Gasteiger partial charge in [0.05, 0.1) is 24.9 Å². The number of hydrogen-bond acceptors (Lipinski definition) is 4. The Morgan fingerprint density at radius 3 is 2.67 bits per heavy atom. The molecule has 1 N–H and O–H groups in total. The van der Waals surface area contributed by atoms with Crippen LogP contribution in [0.3, 0.4) is 0 Å². The molecule has 0 fully saturated rings. The summed E-state index contributed by atoms with van der Waals surface area (Å²) in [5.74, 6) is 1.21. The van der Waals surface area contributed by atoms with Crippen LogP contribution in [0.5, 0.6) is 0 Å². The molecule has 0 unspecified atom stereocenters. The maximum atomic E-state index is 12.3. The highest BCUT2D eigenvalue weighted by atomic mass is 79.9. The Labute approximate surface area is 148 Å². The number of carbonyl (C=O) groups is 1. The van der Waals surface area contributed by atoms with E-state index in [4.69, 9.17) is 4.52 Å². The van der Waals surface area contributed by atoms with Gasteiger partial charge in [-0.3, -0.25) is 4.79 Å². The Morgan fingerprint density at radius 1 is 1.25 bits per heavy atom. The third-order valence-electron chi connectivity index (χ3n) is 3.75. The second kappa shape index (κ2) is 7.00. The predicted octanol–water partition coefficient (Wildman–Crippen LogP) is 3.48. The summed E-state index contributed by atoms with van der Waals surface area (Å²) in [4.78, 5) is 12.3. The molecule has 2 heterocycles. The number of carbonyl (C=O) groups excluding carboxylic acids is 1. The molecule has 0 aliphatic rings. The average Bonchev–Trinajstić information content (AvgIpc) is 3.11. The normalized spacial score (nSPS) is 10.8. The molecule has 0 spiro atoms. The molecule has 6 nitrogen and oxygen atoms in total. The second-order valence-corrected chi connectivity index (χ2v) is 6.44. The van der Waals surface area contributed by atoms with Gasteiger partial charge in [-0.1, -0.05) is 33.2 Å². The molecule has 0 aliphatic heterocycles. The summed E-state index contributed by atoms with van der Waals surface area (Å²) in [6.07, 6.45) is 1.90. The van der Waals surface area contributed by atoms with E-state index in [1.165, 1.54) is 0 Å². The maximum Gasteiger partial charge on any atom is 0.230 e. The summed E-state index contributed by atoms with van der Waals surface area (Å²) < 4.78 is 7.88. The van der Waals surface area contributed by atoms with Crippen molar-refractivity contribution in [2.45, 2.75) is 26.8 Å². The minimum absolute atomic E-state index is 0.123. The lowest BCUT2D eigenvalue weighted by molar-refractivity contribution is -0.115. The van der Waals surface area contributed by atoms with Gasteiger partial charge in [-0.15, -0.1) is 0 Å². The number of aromatic nitrogens is 3. The van der Waals surface area contributed by atoms with Gasteiger partial charge in [0.15, 0.2) is 0 Å². The highest BCUT2D eigenvalue weighted by molar-refractivity contribution is 9.10. The Hall–Kier alpha value is -2.41. The largest absolute Gasteiger partial charge is 0.361 e. The molecule has 3 rings (SSSR count). The number of hydrogen-bond donors (Lipinski definition) is 1. The topological polar surface area (TPSA) is 73.0 Å². The quantitative estimate of drug-likeness (QED) is 0.725. The van der Waals surface area contributed by atoms with E-state index in [9.17, 15) is 4.79 Å². The van der Waals surface area contributed by atoms with E-state index in [1.54, 1.807) is 23.9 Å². The molecule has 124 valence electrons. The first-order valence-electron chi connectivity index (χ1n) is 7.51. The van der Waals surface area contributed by atoms with Crippen LogP contribution < -0.4 is 5.32 Å². The fraction of sp³-hybridized carbons (Fsp3) is 0.235. The van der Waals surface area contributed by atoms with E-state index in [1.807, 2.05) is 31.2 Å². The fourth-order valence-electron chi connectivity index (χ4n) is 2.43. The van der Waals surface area contributed by atoms with E-state index >= 15 is 0 Å². The number of rotatable bonds is 5. The van der Waals surface area contributed by atoms with E-state index in [0.29, 0.717) is 18.1 Å². The highest BCUT2D eigenvalue weighted by Crippen LogP contribution is 2.16. The zero-order valence-corrected chi connectivity index (χ0v) is 15.0. The van der Waals surface area contributed by atoms with Crippen LogP contribution in [0, 0.1) is 13.8 Å². The summed E-state index contributed by atoms with van der Waals surface area (Å²) >= 11 is 3.42. The van der Waals surface area contributed by atoms with Crippen molar-refractivity contribution in [3.8, 4) is 0 Å². The first-order valence-corrected chi connectivity index (χ1v) is 8.30. The first-order chi connectivity index (χ1) is 11.5. The molecular weight excluding hydrogens is 372 g/mol. The molecule has 2 aromatic heterocycles. The summed E-state index contributed by atoms with van der Waals surface area (Å²) in [5, 5.41) is 11.0. The van der Waals surface area contributed by atoms with Gasteiger partial charge in [0, 0.05) is 16.1 Å². The molecule has 7 heteroatoms. The minimum Gasteiger partial charge on any atom is -0.361 e. The lowest BCUT2D eigenvalue weighted by Crippen LogP contribution is -2.18. The Kier molecular flexibility index (Phi) is 4.80. The summed E-state index contributed by atoms with van der Waals surface area (Å²) in [7, 11) is 0. The first kappa shape index (κ1) is 16.4. The molecule has 1 aromatic carbocycles. The zero-order chi connectivity index (χ0) is 17.1. The van der Waals surface area contributed by atoms with Gasteiger partial charge in [0.1, 0.15) is 11.6 Å². The number of halogens is 1. The van der Waals surface area contributed by atoms with Crippen LogP contribution in [0.1, 0.15) is 22.6 Å².